The number of esters is 1. The van der Waals surface area contributed by atoms with Gasteiger partial charge in [0.15, 0.2) is 11.5 Å². The molecule has 2 N–H and O–H groups in total. The average molecular weight is 415 g/mol. The lowest BCUT2D eigenvalue weighted by atomic mass is 10.1. The van der Waals surface area contributed by atoms with Gasteiger partial charge in [-0.2, -0.15) is 0 Å². The fraction of sp³-hybridized carbons (Fsp3) is 0.143. The molecule has 8 heteroatoms. The number of aliphatic hydroxyl groups excluding tert-OH is 1. The molecule has 0 aliphatic carbocycles. The molecule has 2 aromatic carbocycles. The van der Waals surface area contributed by atoms with Gasteiger partial charge in [-0.1, -0.05) is 30.0 Å². The normalized spacial score (nSPS) is 16.5. The predicted molar refractivity (Wildman–Crippen MR) is 110 cm³/mol. The second-order valence-corrected chi connectivity index (χ2v) is 6.89. The Hall–Kier alpha value is -3.26. The van der Waals surface area contributed by atoms with Crippen LogP contribution in [-0.4, -0.2) is 34.9 Å². The molecule has 0 bridgehead atoms. The Morgan fingerprint density at radius 2 is 2.00 bits per heavy atom. The highest BCUT2D eigenvalue weighted by atomic mass is 32.2. The molecule has 0 saturated carbocycles. The number of ether oxygens (including phenoxy) is 2. The van der Waals surface area contributed by atoms with E-state index in [0.717, 1.165) is 11.8 Å². The van der Waals surface area contributed by atoms with Crippen molar-refractivity contribution >= 4 is 34.5 Å². The van der Waals surface area contributed by atoms with E-state index < -0.39 is 11.8 Å². The Balaban J connectivity index is 2.05. The maximum absolute atomic E-state index is 14.0. The van der Waals surface area contributed by atoms with Gasteiger partial charge >= 0.3 is 5.97 Å². The number of aliphatic imine (C=N–C) groups is 1. The molecule has 0 amide bonds. The number of aromatic hydroxyl groups is 1. The zero-order valence-electron chi connectivity index (χ0n) is 15.7. The zero-order valence-corrected chi connectivity index (χ0v) is 16.5. The lowest BCUT2D eigenvalue weighted by molar-refractivity contribution is -0.138. The van der Waals surface area contributed by atoms with E-state index in [4.69, 9.17) is 9.47 Å². The van der Waals surface area contributed by atoms with Crippen LogP contribution in [0.5, 0.6) is 11.5 Å². The first kappa shape index (κ1) is 20.5. The van der Waals surface area contributed by atoms with Gasteiger partial charge in [0.2, 0.25) is 0 Å². The van der Waals surface area contributed by atoms with Crippen molar-refractivity contribution in [3.05, 3.63) is 70.1 Å². The maximum atomic E-state index is 14.0. The van der Waals surface area contributed by atoms with E-state index in [-0.39, 0.29) is 34.4 Å². The number of benzene rings is 2. The number of hydrogen-bond donors (Lipinski definition) is 2. The highest BCUT2D eigenvalue weighted by Gasteiger charge is 2.33. The summed E-state index contributed by atoms with van der Waals surface area (Å²) in [5.41, 5.74) is 0.463. The molecule has 0 unspecified atom stereocenters. The predicted octanol–water partition coefficient (Wildman–Crippen LogP) is 4.73. The number of phenols is 1. The van der Waals surface area contributed by atoms with Gasteiger partial charge < -0.3 is 19.7 Å². The number of carbonyl (C=O) groups is 1. The highest BCUT2D eigenvalue weighted by Crippen LogP contribution is 2.41. The third-order valence-electron chi connectivity index (χ3n) is 3.95. The molecule has 0 fully saturated rings. The number of nitrogens with zero attached hydrogens (tertiary/aromatic N) is 1. The van der Waals surface area contributed by atoms with E-state index in [1.807, 2.05) is 0 Å². The van der Waals surface area contributed by atoms with Gasteiger partial charge in [-0.05, 0) is 42.8 Å². The summed E-state index contributed by atoms with van der Waals surface area (Å²) in [5, 5.41) is 20.7. The van der Waals surface area contributed by atoms with E-state index in [9.17, 15) is 19.4 Å². The van der Waals surface area contributed by atoms with Crippen LogP contribution in [-0.2, 0) is 9.53 Å². The molecule has 0 saturated heterocycles. The van der Waals surface area contributed by atoms with Crippen molar-refractivity contribution in [1.82, 2.24) is 0 Å². The third-order valence-corrected chi connectivity index (χ3v) is 4.97. The van der Waals surface area contributed by atoms with Crippen molar-refractivity contribution in [3.63, 3.8) is 0 Å². The van der Waals surface area contributed by atoms with Crippen LogP contribution in [0.2, 0.25) is 0 Å². The van der Waals surface area contributed by atoms with Crippen molar-refractivity contribution in [2.45, 2.75) is 6.92 Å². The SMILES string of the molecule is CCOC(=O)C1=C(O)C(=Cc2ccc(OC)c(O)c2)SC1=Nc1ccccc1F. The minimum atomic E-state index is -0.756. The van der Waals surface area contributed by atoms with Gasteiger partial charge in [0, 0.05) is 0 Å². The fourth-order valence-electron chi connectivity index (χ4n) is 2.59. The summed E-state index contributed by atoms with van der Waals surface area (Å²) < 4.78 is 24.0. The number of phenolic OH excluding ortho intramolecular Hbond substituents is 1. The van der Waals surface area contributed by atoms with Crippen molar-refractivity contribution in [3.8, 4) is 11.5 Å². The van der Waals surface area contributed by atoms with E-state index in [0.29, 0.717) is 16.2 Å². The number of methoxy groups -OCH3 is 1. The number of aliphatic hydroxyl groups is 1. The summed E-state index contributed by atoms with van der Waals surface area (Å²) in [4.78, 5) is 16.9. The Morgan fingerprint density at radius 1 is 1.24 bits per heavy atom. The minimum Gasteiger partial charge on any atom is -0.506 e. The Labute approximate surface area is 171 Å². The van der Waals surface area contributed by atoms with Crippen LogP contribution in [0, 0.1) is 5.82 Å². The first-order chi connectivity index (χ1) is 13.9. The van der Waals surface area contributed by atoms with Crippen LogP contribution in [0.1, 0.15) is 12.5 Å². The number of halogens is 1. The molecule has 1 aliphatic heterocycles. The molecule has 0 aromatic heterocycles. The Morgan fingerprint density at radius 3 is 2.66 bits per heavy atom. The van der Waals surface area contributed by atoms with Crippen molar-refractivity contribution < 1.29 is 28.9 Å². The van der Waals surface area contributed by atoms with Crippen LogP contribution in [0.4, 0.5) is 10.1 Å². The summed E-state index contributed by atoms with van der Waals surface area (Å²) in [6.45, 7) is 1.75. The van der Waals surface area contributed by atoms with E-state index in [1.165, 1.54) is 31.4 Å². The largest absolute Gasteiger partial charge is 0.506 e. The number of rotatable bonds is 5. The van der Waals surface area contributed by atoms with Gasteiger partial charge in [0.1, 0.15) is 27.9 Å². The number of thioether (sulfide) groups is 1. The Kier molecular flexibility index (Phi) is 6.23. The molecule has 0 radical (unpaired) electrons. The van der Waals surface area contributed by atoms with Gasteiger partial charge in [0.25, 0.3) is 0 Å². The highest BCUT2D eigenvalue weighted by molar-refractivity contribution is 8.18. The monoisotopic (exact) mass is 415 g/mol. The van der Waals surface area contributed by atoms with Crippen LogP contribution in [0.15, 0.2) is 63.7 Å². The number of carbonyl (C=O) groups excluding carboxylic acids is 1. The molecule has 29 heavy (non-hydrogen) atoms. The van der Waals surface area contributed by atoms with Crippen molar-refractivity contribution in [1.29, 1.82) is 0 Å². The average Bonchev–Trinajstić information content (AvgIpc) is 2.99. The molecule has 2 aromatic rings. The molecule has 1 aliphatic rings. The standard InChI is InChI=1S/C21H18FNO5S/c1-3-28-21(26)18-19(25)17(11-12-8-9-16(27-2)15(24)10-12)29-20(18)23-14-7-5-4-6-13(14)22/h4-11,24-25H,3H2,1-2H3. The summed E-state index contributed by atoms with van der Waals surface area (Å²) in [6.07, 6.45) is 1.57. The third kappa shape index (κ3) is 4.43. The zero-order chi connectivity index (χ0) is 21.0. The molecule has 3 rings (SSSR count). The molecule has 0 atom stereocenters. The smallest absolute Gasteiger partial charge is 0.344 e. The van der Waals surface area contributed by atoms with E-state index >= 15 is 0 Å². The summed E-state index contributed by atoms with van der Waals surface area (Å²) in [5.74, 6) is -1.40. The van der Waals surface area contributed by atoms with Crippen LogP contribution in [0.3, 0.4) is 0 Å². The van der Waals surface area contributed by atoms with Gasteiger partial charge in [0.05, 0.1) is 18.6 Å². The second-order valence-electron chi connectivity index (χ2n) is 5.85. The van der Waals surface area contributed by atoms with E-state index in [1.54, 1.807) is 31.2 Å². The summed E-state index contributed by atoms with van der Waals surface area (Å²) >= 11 is 1.00. The number of hydrogen-bond acceptors (Lipinski definition) is 7. The molecular formula is C21H18FNO5S. The Bertz CT molecular complexity index is 1050. The molecule has 150 valence electrons. The summed E-state index contributed by atoms with van der Waals surface area (Å²) in [6, 6.07) is 10.6. The fourth-order valence-corrected chi connectivity index (χ4v) is 3.62. The number of para-hydroxylation sites is 1. The second kappa shape index (κ2) is 8.83. The molecule has 0 spiro atoms. The first-order valence-electron chi connectivity index (χ1n) is 8.65. The van der Waals surface area contributed by atoms with Gasteiger partial charge in [-0.25, -0.2) is 14.2 Å². The van der Waals surface area contributed by atoms with Crippen LogP contribution >= 0.6 is 11.8 Å². The van der Waals surface area contributed by atoms with Gasteiger partial charge in [-0.15, -0.1) is 0 Å². The van der Waals surface area contributed by atoms with E-state index in [2.05, 4.69) is 4.99 Å². The molecule has 1 heterocycles. The van der Waals surface area contributed by atoms with Crippen molar-refractivity contribution in [2.75, 3.05) is 13.7 Å². The summed E-state index contributed by atoms with van der Waals surface area (Å²) in [7, 11) is 1.44. The molecular weight excluding hydrogens is 397 g/mol. The van der Waals surface area contributed by atoms with Gasteiger partial charge in [-0.3, -0.25) is 0 Å². The van der Waals surface area contributed by atoms with Crippen molar-refractivity contribution in [2.24, 2.45) is 4.99 Å². The molecule has 6 nitrogen and oxygen atoms in total. The van der Waals surface area contributed by atoms with Crippen LogP contribution < -0.4 is 4.74 Å². The van der Waals surface area contributed by atoms with Crippen LogP contribution in [0.25, 0.3) is 6.08 Å². The quantitative estimate of drug-likeness (QED) is 0.686. The maximum Gasteiger partial charge on any atom is 0.344 e. The minimum absolute atomic E-state index is 0.0351. The topological polar surface area (TPSA) is 88.4 Å². The first-order valence-corrected chi connectivity index (χ1v) is 9.47. The lowest BCUT2D eigenvalue weighted by Gasteiger charge is -2.04. The lowest BCUT2D eigenvalue weighted by Crippen LogP contribution is -2.12.